The maximum Gasteiger partial charge on any atom is 0.344 e. The van der Waals surface area contributed by atoms with Crippen molar-refractivity contribution in [2.75, 3.05) is 20.8 Å². The van der Waals surface area contributed by atoms with E-state index in [1.54, 1.807) is 20.3 Å². The van der Waals surface area contributed by atoms with Crippen LogP contribution < -0.4 is 14.2 Å². The van der Waals surface area contributed by atoms with Crippen LogP contribution in [0.5, 0.6) is 17.2 Å². The number of hydrogen-bond donors (Lipinski definition) is 0. The molecule has 0 N–H and O–H groups in total. The summed E-state index contributed by atoms with van der Waals surface area (Å²) in [5.74, 6) is 1.28. The van der Waals surface area contributed by atoms with Gasteiger partial charge < -0.3 is 18.9 Å². The van der Waals surface area contributed by atoms with E-state index in [0.29, 0.717) is 17.2 Å². The van der Waals surface area contributed by atoms with E-state index in [-0.39, 0.29) is 13.2 Å². The maximum absolute atomic E-state index is 12.0. The summed E-state index contributed by atoms with van der Waals surface area (Å²) < 4.78 is 21.4. The molecule has 0 spiro atoms. The quantitative estimate of drug-likeness (QED) is 0.665. The summed E-state index contributed by atoms with van der Waals surface area (Å²) in [7, 11) is 3.15. The lowest BCUT2D eigenvalue weighted by Crippen LogP contribution is -2.15. The molecule has 26 heavy (non-hydrogen) atoms. The van der Waals surface area contributed by atoms with E-state index in [0.717, 1.165) is 16.7 Å². The smallest absolute Gasteiger partial charge is 0.344 e. The summed E-state index contributed by atoms with van der Waals surface area (Å²) in [6.07, 6.45) is 3.89. The van der Waals surface area contributed by atoms with Gasteiger partial charge in [-0.2, -0.15) is 0 Å². The van der Waals surface area contributed by atoms with Crippen LogP contribution in [0, 0.1) is 6.92 Å². The van der Waals surface area contributed by atoms with Gasteiger partial charge in [0.25, 0.3) is 0 Å². The molecule has 2 aromatic rings. The number of allylic oxidation sites excluding steroid dienone is 1. The number of rotatable bonds is 8. The Hall–Kier alpha value is -2.95. The van der Waals surface area contributed by atoms with Crippen molar-refractivity contribution in [2.24, 2.45) is 0 Å². The van der Waals surface area contributed by atoms with Crippen LogP contribution >= 0.6 is 0 Å². The molecule has 0 aliphatic carbocycles. The Kier molecular flexibility index (Phi) is 7.09. The standard InChI is InChI=1S/C21H24O5/c1-5-6-16-8-10-19(20(12-16)24-4)25-14-21(22)26-13-17-11-15(2)7-9-18(17)23-3/h5-12H,13-14H2,1-4H3/b6-5+. The van der Waals surface area contributed by atoms with Crippen molar-refractivity contribution >= 4 is 12.0 Å². The summed E-state index contributed by atoms with van der Waals surface area (Å²) in [4.78, 5) is 12.0. The van der Waals surface area contributed by atoms with Crippen LogP contribution in [0.4, 0.5) is 0 Å². The van der Waals surface area contributed by atoms with Crippen LogP contribution in [0.25, 0.3) is 6.08 Å². The monoisotopic (exact) mass is 356 g/mol. The van der Waals surface area contributed by atoms with Crippen LogP contribution in [0.1, 0.15) is 23.6 Å². The minimum absolute atomic E-state index is 0.129. The summed E-state index contributed by atoms with van der Waals surface area (Å²) in [5, 5.41) is 0. The van der Waals surface area contributed by atoms with E-state index < -0.39 is 5.97 Å². The zero-order valence-corrected chi connectivity index (χ0v) is 15.6. The van der Waals surface area contributed by atoms with E-state index in [4.69, 9.17) is 18.9 Å². The fraction of sp³-hybridized carbons (Fsp3) is 0.286. The second-order valence-corrected chi connectivity index (χ2v) is 5.67. The molecule has 0 saturated heterocycles. The molecule has 138 valence electrons. The lowest BCUT2D eigenvalue weighted by molar-refractivity contribution is -0.147. The van der Waals surface area contributed by atoms with Gasteiger partial charge in [-0.25, -0.2) is 4.79 Å². The number of ether oxygens (including phenoxy) is 4. The summed E-state index contributed by atoms with van der Waals surface area (Å²) in [5.41, 5.74) is 2.87. The maximum atomic E-state index is 12.0. The zero-order chi connectivity index (χ0) is 18.9. The molecule has 5 nitrogen and oxygen atoms in total. The second-order valence-electron chi connectivity index (χ2n) is 5.67. The number of esters is 1. The average Bonchev–Trinajstić information content (AvgIpc) is 2.65. The summed E-state index contributed by atoms with van der Waals surface area (Å²) >= 11 is 0. The first-order valence-electron chi connectivity index (χ1n) is 8.30. The first-order chi connectivity index (χ1) is 12.6. The molecule has 0 aliphatic heterocycles. The first kappa shape index (κ1) is 19.4. The SMILES string of the molecule is C/C=C/c1ccc(OCC(=O)OCc2cc(C)ccc2OC)c(OC)c1. The van der Waals surface area contributed by atoms with E-state index in [1.807, 2.05) is 56.3 Å². The lowest BCUT2D eigenvalue weighted by atomic mass is 10.1. The van der Waals surface area contributed by atoms with Gasteiger partial charge in [-0.1, -0.05) is 29.8 Å². The Morgan fingerprint density at radius 2 is 1.73 bits per heavy atom. The molecule has 0 saturated carbocycles. The van der Waals surface area contributed by atoms with Crippen molar-refractivity contribution in [3.05, 3.63) is 59.2 Å². The first-order valence-corrected chi connectivity index (χ1v) is 8.30. The van der Waals surface area contributed by atoms with Gasteiger partial charge in [-0.15, -0.1) is 0 Å². The molecule has 0 aromatic heterocycles. The molecular formula is C21H24O5. The molecule has 0 unspecified atom stereocenters. The predicted molar refractivity (Wildman–Crippen MR) is 101 cm³/mol. The molecule has 0 amide bonds. The number of carbonyl (C=O) groups excluding carboxylic acids is 1. The number of methoxy groups -OCH3 is 2. The van der Waals surface area contributed by atoms with Gasteiger partial charge in [-0.05, 0) is 43.7 Å². The highest BCUT2D eigenvalue weighted by atomic mass is 16.6. The van der Waals surface area contributed by atoms with Gasteiger partial charge in [0.1, 0.15) is 12.4 Å². The van der Waals surface area contributed by atoms with Crippen LogP contribution in [0.15, 0.2) is 42.5 Å². The minimum Gasteiger partial charge on any atom is -0.496 e. The Morgan fingerprint density at radius 1 is 1.00 bits per heavy atom. The lowest BCUT2D eigenvalue weighted by Gasteiger charge is -2.12. The highest BCUT2D eigenvalue weighted by Gasteiger charge is 2.11. The highest BCUT2D eigenvalue weighted by molar-refractivity contribution is 5.71. The Labute approximate surface area is 154 Å². The van der Waals surface area contributed by atoms with E-state index in [9.17, 15) is 4.79 Å². The third-order valence-electron chi connectivity index (χ3n) is 3.72. The van der Waals surface area contributed by atoms with Gasteiger partial charge in [0.15, 0.2) is 18.1 Å². The van der Waals surface area contributed by atoms with Gasteiger partial charge in [-0.3, -0.25) is 0 Å². The van der Waals surface area contributed by atoms with Crippen molar-refractivity contribution in [3.8, 4) is 17.2 Å². The minimum atomic E-state index is -0.465. The molecule has 0 aliphatic rings. The van der Waals surface area contributed by atoms with Crippen molar-refractivity contribution in [1.29, 1.82) is 0 Å². The summed E-state index contributed by atoms with van der Waals surface area (Å²) in [6.45, 7) is 3.84. The highest BCUT2D eigenvalue weighted by Crippen LogP contribution is 2.28. The molecule has 0 heterocycles. The molecule has 2 aromatic carbocycles. The summed E-state index contributed by atoms with van der Waals surface area (Å²) in [6, 6.07) is 11.2. The Balaban J connectivity index is 1.94. The third-order valence-corrected chi connectivity index (χ3v) is 3.72. The van der Waals surface area contributed by atoms with Crippen LogP contribution in [0.2, 0.25) is 0 Å². The van der Waals surface area contributed by atoms with Crippen molar-refractivity contribution in [3.63, 3.8) is 0 Å². The average molecular weight is 356 g/mol. The van der Waals surface area contributed by atoms with E-state index in [2.05, 4.69) is 0 Å². The molecular weight excluding hydrogens is 332 g/mol. The predicted octanol–water partition coefficient (Wildman–Crippen LogP) is 4.17. The van der Waals surface area contributed by atoms with Gasteiger partial charge in [0.2, 0.25) is 0 Å². The number of aryl methyl sites for hydroxylation is 1. The second kappa shape index (κ2) is 9.51. The van der Waals surface area contributed by atoms with Gasteiger partial charge >= 0.3 is 5.97 Å². The zero-order valence-electron chi connectivity index (χ0n) is 15.6. The molecule has 5 heteroatoms. The Morgan fingerprint density at radius 3 is 2.42 bits per heavy atom. The van der Waals surface area contributed by atoms with Crippen molar-refractivity contribution < 1.29 is 23.7 Å². The topological polar surface area (TPSA) is 54.0 Å². The van der Waals surface area contributed by atoms with Gasteiger partial charge in [0, 0.05) is 5.56 Å². The number of hydrogen-bond acceptors (Lipinski definition) is 5. The Bertz CT molecular complexity index is 780. The fourth-order valence-corrected chi connectivity index (χ4v) is 2.46. The van der Waals surface area contributed by atoms with Crippen molar-refractivity contribution in [1.82, 2.24) is 0 Å². The molecule has 2 rings (SSSR count). The van der Waals surface area contributed by atoms with E-state index in [1.165, 1.54) is 0 Å². The largest absolute Gasteiger partial charge is 0.496 e. The third kappa shape index (κ3) is 5.28. The number of benzene rings is 2. The van der Waals surface area contributed by atoms with Crippen LogP contribution in [0.3, 0.4) is 0 Å². The van der Waals surface area contributed by atoms with Crippen LogP contribution in [-0.2, 0) is 16.1 Å². The van der Waals surface area contributed by atoms with Crippen molar-refractivity contribution in [2.45, 2.75) is 20.5 Å². The van der Waals surface area contributed by atoms with E-state index >= 15 is 0 Å². The number of carbonyl (C=O) groups is 1. The molecule has 0 atom stereocenters. The fourth-order valence-electron chi connectivity index (χ4n) is 2.46. The molecule has 0 bridgehead atoms. The van der Waals surface area contributed by atoms with Crippen LogP contribution in [-0.4, -0.2) is 26.8 Å². The normalized spacial score (nSPS) is 10.6. The van der Waals surface area contributed by atoms with Gasteiger partial charge in [0.05, 0.1) is 14.2 Å². The molecule has 0 radical (unpaired) electrons. The molecule has 0 fully saturated rings.